The molecule has 1 atom stereocenters. The highest BCUT2D eigenvalue weighted by atomic mass is 16.3. The summed E-state index contributed by atoms with van der Waals surface area (Å²) in [7, 11) is 0. The zero-order valence-corrected chi connectivity index (χ0v) is 16.4. The molecule has 0 unspecified atom stereocenters. The van der Waals surface area contributed by atoms with Gasteiger partial charge in [-0.1, -0.05) is 30.3 Å². The van der Waals surface area contributed by atoms with Crippen molar-refractivity contribution in [3.8, 4) is 0 Å². The fraction of sp³-hybridized carbons (Fsp3) is 0.364. The lowest BCUT2D eigenvalue weighted by atomic mass is 9.99. The minimum atomic E-state index is -0.707. The number of hydrogen-bond donors (Lipinski definition) is 2. The third-order valence-corrected chi connectivity index (χ3v) is 5.33. The number of likely N-dealkylation sites (tertiary alicyclic amines) is 1. The fourth-order valence-electron chi connectivity index (χ4n) is 3.71. The summed E-state index contributed by atoms with van der Waals surface area (Å²) in [5, 5.41) is 10.8. The first-order valence-electron chi connectivity index (χ1n) is 9.79. The second kappa shape index (κ2) is 8.89. The van der Waals surface area contributed by atoms with Crippen molar-refractivity contribution >= 4 is 17.4 Å². The number of nitrogens with zero attached hydrogens (tertiary/aromatic N) is 1. The van der Waals surface area contributed by atoms with Gasteiger partial charge in [0.25, 0.3) is 11.7 Å². The van der Waals surface area contributed by atoms with Gasteiger partial charge < -0.3 is 19.3 Å². The van der Waals surface area contributed by atoms with E-state index >= 15 is 0 Å². The van der Waals surface area contributed by atoms with Crippen LogP contribution < -0.4 is 4.90 Å². The standard InChI is InChI=1S/C22H26N2O4/c1-3-23(4-2)13-9-14-24-19(17-12-8-15-28-17)18(21(26)22(24)27)20(25)16-10-6-5-7-11-16/h5-8,10-12,15,19,25H,3-4,9,13-14H2,1-2H3/p+1/t19-/m0/s1. The molecule has 2 aromatic rings. The molecule has 6 nitrogen and oxygen atoms in total. The van der Waals surface area contributed by atoms with Crippen molar-refractivity contribution in [1.29, 1.82) is 0 Å². The minimum absolute atomic E-state index is 0.0846. The Labute approximate surface area is 165 Å². The normalized spacial score (nSPS) is 19.0. The predicted octanol–water partition coefficient (Wildman–Crippen LogP) is 2.02. The smallest absolute Gasteiger partial charge is 0.295 e. The van der Waals surface area contributed by atoms with Crippen molar-refractivity contribution in [2.45, 2.75) is 26.3 Å². The van der Waals surface area contributed by atoms with Gasteiger partial charge in [-0.15, -0.1) is 0 Å². The molecule has 1 fully saturated rings. The lowest BCUT2D eigenvalue weighted by Gasteiger charge is -2.24. The van der Waals surface area contributed by atoms with Gasteiger partial charge in [0.05, 0.1) is 31.5 Å². The molecule has 3 rings (SSSR count). The summed E-state index contributed by atoms with van der Waals surface area (Å²) < 4.78 is 5.53. The molecule has 2 heterocycles. The largest absolute Gasteiger partial charge is 0.507 e. The first kappa shape index (κ1) is 19.9. The van der Waals surface area contributed by atoms with Gasteiger partial charge in [-0.3, -0.25) is 9.59 Å². The molecule has 0 spiro atoms. The van der Waals surface area contributed by atoms with Crippen LogP contribution in [0.5, 0.6) is 0 Å². The Balaban J connectivity index is 1.94. The lowest BCUT2D eigenvalue weighted by Crippen LogP contribution is -3.11. The molecule has 6 heteroatoms. The van der Waals surface area contributed by atoms with Crippen molar-refractivity contribution in [3.05, 3.63) is 65.6 Å². The van der Waals surface area contributed by atoms with E-state index in [2.05, 4.69) is 13.8 Å². The first-order chi connectivity index (χ1) is 13.6. The Morgan fingerprint density at radius 2 is 1.82 bits per heavy atom. The van der Waals surface area contributed by atoms with Crippen LogP contribution in [-0.2, 0) is 9.59 Å². The molecule has 1 aliphatic heterocycles. The summed E-state index contributed by atoms with van der Waals surface area (Å²) in [6.07, 6.45) is 2.28. The van der Waals surface area contributed by atoms with E-state index in [4.69, 9.17) is 4.42 Å². The Hall–Kier alpha value is -2.86. The number of furan rings is 1. The number of carbonyl (C=O) groups is 2. The summed E-state index contributed by atoms with van der Waals surface area (Å²) in [6, 6.07) is 11.6. The first-order valence-corrected chi connectivity index (χ1v) is 9.79. The molecule has 28 heavy (non-hydrogen) atoms. The predicted molar refractivity (Wildman–Crippen MR) is 106 cm³/mol. The Morgan fingerprint density at radius 3 is 2.43 bits per heavy atom. The second-order valence-electron chi connectivity index (χ2n) is 6.93. The fourth-order valence-corrected chi connectivity index (χ4v) is 3.71. The molecule has 2 N–H and O–H groups in total. The van der Waals surface area contributed by atoms with Gasteiger partial charge >= 0.3 is 0 Å². The maximum absolute atomic E-state index is 12.8. The zero-order chi connectivity index (χ0) is 20.1. The van der Waals surface area contributed by atoms with Gasteiger partial charge in [0.15, 0.2) is 0 Å². The average molecular weight is 383 g/mol. The number of benzene rings is 1. The van der Waals surface area contributed by atoms with Crippen LogP contribution in [0.3, 0.4) is 0 Å². The summed E-state index contributed by atoms with van der Waals surface area (Å²) in [4.78, 5) is 28.5. The highest BCUT2D eigenvalue weighted by Crippen LogP contribution is 2.39. The molecular weight excluding hydrogens is 356 g/mol. The van der Waals surface area contributed by atoms with Crippen molar-refractivity contribution in [2.75, 3.05) is 26.2 Å². The van der Waals surface area contributed by atoms with E-state index in [1.807, 2.05) is 6.07 Å². The summed E-state index contributed by atoms with van der Waals surface area (Å²) in [5.74, 6) is -0.949. The van der Waals surface area contributed by atoms with E-state index < -0.39 is 17.7 Å². The summed E-state index contributed by atoms with van der Waals surface area (Å²) in [5.41, 5.74) is 0.589. The van der Waals surface area contributed by atoms with Crippen LogP contribution in [0.2, 0.25) is 0 Å². The number of quaternary nitrogens is 1. The Bertz CT molecular complexity index is 839. The number of ketones is 1. The summed E-state index contributed by atoms with van der Waals surface area (Å²) in [6.45, 7) is 7.65. The third kappa shape index (κ3) is 3.87. The van der Waals surface area contributed by atoms with Crippen LogP contribution in [0.15, 0.2) is 58.7 Å². The van der Waals surface area contributed by atoms with E-state index in [0.717, 1.165) is 26.1 Å². The second-order valence-corrected chi connectivity index (χ2v) is 6.93. The lowest BCUT2D eigenvalue weighted by molar-refractivity contribution is -0.896. The van der Waals surface area contributed by atoms with Crippen LogP contribution in [0.1, 0.15) is 37.6 Å². The molecule has 0 aliphatic carbocycles. The molecule has 0 radical (unpaired) electrons. The van der Waals surface area contributed by atoms with Crippen molar-refractivity contribution in [2.24, 2.45) is 0 Å². The van der Waals surface area contributed by atoms with Crippen LogP contribution in [0.25, 0.3) is 5.76 Å². The number of hydrogen-bond acceptors (Lipinski definition) is 4. The van der Waals surface area contributed by atoms with Crippen molar-refractivity contribution in [3.63, 3.8) is 0 Å². The number of aliphatic hydroxyl groups excluding tert-OH is 1. The van der Waals surface area contributed by atoms with E-state index in [0.29, 0.717) is 17.9 Å². The van der Waals surface area contributed by atoms with Gasteiger partial charge in [-0.05, 0) is 26.0 Å². The average Bonchev–Trinajstić information content (AvgIpc) is 3.33. The number of nitrogens with one attached hydrogen (secondary N) is 1. The number of rotatable bonds is 8. The highest BCUT2D eigenvalue weighted by molar-refractivity contribution is 6.46. The Kier molecular flexibility index (Phi) is 6.31. The van der Waals surface area contributed by atoms with Crippen molar-refractivity contribution < 1.29 is 24.0 Å². The van der Waals surface area contributed by atoms with Crippen LogP contribution in [-0.4, -0.2) is 47.9 Å². The molecule has 0 bridgehead atoms. The number of aliphatic hydroxyl groups is 1. The van der Waals surface area contributed by atoms with Gasteiger partial charge in [-0.25, -0.2) is 0 Å². The van der Waals surface area contributed by atoms with E-state index in [9.17, 15) is 14.7 Å². The molecule has 1 saturated heterocycles. The van der Waals surface area contributed by atoms with E-state index in [1.165, 1.54) is 16.1 Å². The highest BCUT2D eigenvalue weighted by Gasteiger charge is 2.47. The zero-order valence-electron chi connectivity index (χ0n) is 16.4. The van der Waals surface area contributed by atoms with Gasteiger partial charge in [0, 0.05) is 18.5 Å². The number of amides is 1. The van der Waals surface area contributed by atoms with E-state index in [1.54, 1.807) is 36.4 Å². The van der Waals surface area contributed by atoms with Gasteiger partial charge in [0.1, 0.15) is 17.6 Å². The number of Topliss-reactive ketones (excluding diaryl/α,β-unsaturated/α-hetero) is 1. The number of carbonyl (C=O) groups excluding carboxylic acids is 2. The van der Waals surface area contributed by atoms with Crippen LogP contribution in [0.4, 0.5) is 0 Å². The molecule has 148 valence electrons. The third-order valence-electron chi connectivity index (χ3n) is 5.33. The van der Waals surface area contributed by atoms with Crippen molar-refractivity contribution in [1.82, 2.24) is 4.90 Å². The molecule has 1 aliphatic rings. The SMILES string of the molecule is CC[NH+](CC)CCCN1C(=O)C(=O)C(=C(O)c2ccccc2)[C@@H]1c1ccco1. The molecule has 1 aromatic carbocycles. The molecule has 0 saturated carbocycles. The Morgan fingerprint density at radius 1 is 1.11 bits per heavy atom. The molecule has 1 aromatic heterocycles. The van der Waals surface area contributed by atoms with Crippen LogP contribution in [0, 0.1) is 0 Å². The molecule has 1 amide bonds. The monoisotopic (exact) mass is 383 g/mol. The maximum atomic E-state index is 12.8. The maximum Gasteiger partial charge on any atom is 0.295 e. The topological polar surface area (TPSA) is 75.2 Å². The van der Waals surface area contributed by atoms with Gasteiger partial charge in [0.2, 0.25) is 0 Å². The minimum Gasteiger partial charge on any atom is -0.507 e. The van der Waals surface area contributed by atoms with E-state index in [-0.39, 0.29) is 11.3 Å². The van der Waals surface area contributed by atoms with Gasteiger partial charge in [-0.2, -0.15) is 0 Å². The molecular formula is C22H27N2O4+. The quantitative estimate of drug-likeness (QED) is 0.415. The van der Waals surface area contributed by atoms with Crippen LogP contribution >= 0.6 is 0 Å². The summed E-state index contributed by atoms with van der Waals surface area (Å²) >= 11 is 0.